The van der Waals surface area contributed by atoms with Gasteiger partial charge in [0.25, 0.3) is 0 Å². The van der Waals surface area contributed by atoms with Crippen LogP contribution in [0.15, 0.2) is 12.3 Å². The zero-order chi connectivity index (χ0) is 9.97. The summed E-state index contributed by atoms with van der Waals surface area (Å²) in [4.78, 5) is 2.34. The van der Waals surface area contributed by atoms with E-state index in [0.29, 0.717) is 6.04 Å². The summed E-state index contributed by atoms with van der Waals surface area (Å²) in [5.41, 5.74) is 0. The summed E-state index contributed by atoms with van der Waals surface area (Å²) in [6.45, 7) is 8.44. The molecule has 1 aromatic heterocycles. The average Bonchev–Trinajstić information content (AvgIpc) is 2.66. The highest BCUT2D eigenvalue weighted by atomic mass is 15.4. The number of rotatable bonds is 2. The van der Waals surface area contributed by atoms with Crippen LogP contribution in [0.3, 0.4) is 0 Å². The molecule has 1 aliphatic rings. The summed E-state index contributed by atoms with van der Waals surface area (Å²) in [5.74, 6) is 1.11. The van der Waals surface area contributed by atoms with E-state index in [4.69, 9.17) is 0 Å². The van der Waals surface area contributed by atoms with Gasteiger partial charge in [0.2, 0.25) is 0 Å². The number of anilines is 1. The lowest BCUT2D eigenvalue weighted by molar-refractivity contribution is 0.480. The first-order valence-corrected chi connectivity index (χ1v) is 5.31. The van der Waals surface area contributed by atoms with Gasteiger partial charge in [0.05, 0.1) is 0 Å². The molecular formula is C10H18N4. The van der Waals surface area contributed by atoms with Crippen molar-refractivity contribution in [1.29, 1.82) is 0 Å². The van der Waals surface area contributed by atoms with Crippen molar-refractivity contribution in [1.82, 2.24) is 15.1 Å². The van der Waals surface area contributed by atoms with Crippen molar-refractivity contribution in [3.8, 4) is 0 Å². The zero-order valence-electron chi connectivity index (χ0n) is 8.90. The van der Waals surface area contributed by atoms with Crippen LogP contribution < -0.4 is 10.2 Å². The van der Waals surface area contributed by atoms with Crippen LogP contribution in [0.1, 0.15) is 13.8 Å². The number of hydrogen-bond acceptors (Lipinski definition) is 3. The van der Waals surface area contributed by atoms with Crippen LogP contribution in [0.25, 0.3) is 0 Å². The maximum Gasteiger partial charge on any atom is 0.150 e. The molecule has 1 N–H and O–H groups in total. The van der Waals surface area contributed by atoms with Crippen molar-refractivity contribution < 1.29 is 0 Å². The third-order valence-electron chi connectivity index (χ3n) is 2.64. The Labute approximate surface area is 84.9 Å². The Morgan fingerprint density at radius 2 is 2.50 bits per heavy atom. The average molecular weight is 194 g/mol. The van der Waals surface area contributed by atoms with Gasteiger partial charge in [-0.2, -0.15) is 5.10 Å². The molecule has 0 bridgehead atoms. The van der Waals surface area contributed by atoms with Crippen molar-refractivity contribution in [3.05, 3.63) is 12.3 Å². The Kier molecular flexibility index (Phi) is 2.72. The molecule has 1 atom stereocenters. The Morgan fingerprint density at radius 3 is 3.14 bits per heavy atom. The topological polar surface area (TPSA) is 33.1 Å². The number of nitrogens with zero attached hydrogens (tertiary/aromatic N) is 3. The molecule has 0 spiro atoms. The van der Waals surface area contributed by atoms with E-state index in [-0.39, 0.29) is 0 Å². The molecule has 2 rings (SSSR count). The first-order chi connectivity index (χ1) is 6.79. The fraction of sp³-hybridized carbons (Fsp3) is 0.700. The number of aryl methyl sites for hydroxylation is 1. The normalized spacial score (nSPS) is 22.7. The van der Waals surface area contributed by atoms with Crippen LogP contribution in [0.5, 0.6) is 0 Å². The van der Waals surface area contributed by atoms with Crippen molar-refractivity contribution >= 4 is 5.82 Å². The quantitative estimate of drug-likeness (QED) is 0.752. The maximum atomic E-state index is 4.50. The highest BCUT2D eigenvalue weighted by Crippen LogP contribution is 2.12. The maximum absolute atomic E-state index is 4.50. The summed E-state index contributed by atoms with van der Waals surface area (Å²) >= 11 is 0. The number of aromatic nitrogens is 2. The van der Waals surface area contributed by atoms with Crippen LogP contribution in [-0.2, 0) is 6.54 Å². The monoisotopic (exact) mass is 194 g/mol. The lowest BCUT2D eigenvalue weighted by Gasteiger charge is -2.31. The fourth-order valence-corrected chi connectivity index (χ4v) is 1.84. The van der Waals surface area contributed by atoms with Gasteiger partial charge in [0, 0.05) is 44.5 Å². The third-order valence-corrected chi connectivity index (χ3v) is 2.64. The minimum absolute atomic E-state index is 0.565. The van der Waals surface area contributed by atoms with Gasteiger partial charge in [-0.25, -0.2) is 0 Å². The number of nitrogens with one attached hydrogen (secondary N) is 1. The van der Waals surface area contributed by atoms with Gasteiger partial charge in [0.1, 0.15) is 0 Å². The van der Waals surface area contributed by atoms with Gasteiger partial charge < -0.3 is 10.2 Å². The molecule has 0 amide bonds. The lowest BCUT2D eigenvalue weighted by Crippen LogP contribution is -2.49. The van der Waals surface area contributed by atoms with Crippen molar-refractivity contribution in [2.75, 3.05) is 24.5 Å². The Morgan fingerprint density at radius 1 is 1.64 bits per heavy atom. The van der Waals surface area contributed by atoms with E-state index in [0.717, 1.165) is 32.0 Å². The Balaban J connectivity index is 2.06. The van der Waals surface area contributed by atoms with Crippen LogP contribution in [0.2, 0.25) is 0 Å². The summed E-state index contributed by atoms with van der Waals surface area (Å²) in [5, 5.41) is 7.93. The predicted octanol–water partition coefficient (Wildman–Crippen LogP) is 0.701. The van der Waals surface area contributed by atoms with Crippen LogP contribution >= 0.6 is 0 Å². The summed E-state index contributed by atoms with van der Waals surface area (Å²) in [7, 11) is 0. The van der Waals surface area contributed by atoms with Crippen molar-refractivity contribution in [2.24, 2.45) is 0 Å². The van der Waals surface area contributed by atoms with Gasteiger partial charge in [-0.1, -0.05) is 0 Å². The minimum Gasteiger partial charge on any atom is -0.352 e. The van der Waals surface area contributed by atoms with Crippen LogP contribution in [-0.4, -0.2) is 35.5 Å². The van der Waals surface area contributed by atoms with Gasteiger partial charge in [0.15, 0.2) is 5.82 Å². The fourth-order valence-electron chi connectivity index (χ4n) is 1.84. The lowest BCUT2D eigenvalue weighted by atomic mass is 10.2. The molecule has 4 heteroatoms. The summed E-state index contributed by atoms with van der Waals surface area (Å²) in [6.07, 6.45) is 2.04. The SMILES string of the molecule is CCn1ccc(N2CCNC(C)C2)n1. The number of hydrogen-bond donors (Lipinski definition) is 1. The molecule has 0 aromatic carbocycles. The zero-order valence-corrected chi connectivity index (χ0v) is 8.90. The van der Waals surface area contributed by atoms with Crippen molar-refractivity contribution in [3.63, 3.8) is 0 Å². The van der Waals surface area contributed by atoms with Gasteiger partial charge in [-0.15, -0.1) is 0 Å². The predicted molar refractivity (Wildman–Crippen MR) is 57.6 cm³/mol. The molecule has 78 valence electrons. The molecule has 14 heavy (non-hydrogen) atoms. The van der Waals surface area contributed by atoms with E-state index in [2.05, 4.69) is 35.2 Å². The highest BCUT2D eigenvalue weighted by Gasteiger charge is 2.17. The second kappa shape index (κ2) is 4.00. The van der Waals surface area contributed by atoms with E-state index >= 15 is 0 Å². The second-order valence-electron chi connectivity index (χ2n) is 3.83. The molecule has 0 radical (unpaired) electrons. The van der Waals surface area contributed by atoms with Crippen LogP contribution in [0.4, 0.5) is 5.82 Å². The van der Waals surface area contributed by atoms with Gasteiger partial charge >= 0.3 is 0 Å². The highest BCUT2D eigenvalue weighted by molar-refractivity contribution is 5.37. The van der Waals surface area contributed by atoms with E-state index in [1.54, 1.807) is 0 Å². The largest absolute Gasteiger partial charge is 0.352 e. The Hall–Kier alpha value is -1.03. The second-order valence-corrected chi connectivity index (χ2v) is 3.83. The molecule has 1 unspecified atom stereocenters. The molecule has 1 aliphatic heterocycles. The van der Waals surface area contributed by atoms with E-state index < -0.39 is 0 Å². The smallest absolute Gasteiger partial charge is 0.150 e. The molecular weight excluding hydrogens is 176 g/mol. The van der Waals surface area contributed by atoms with E-state index in [1.807, 2.05) is 10.9 Å². The molecule has 1 fully saturated rings. The third kappa shape index (κ3) is 1.90. The van der Waals surface area contributed by atoms with Gasteiger partial charge in [-0.05, 0) is 13.8 Å². The molecule has 1 aromatic rings. The molecule has 0 aliphatic carbocycles. The Bertz CT molecular complexity index is 294. The van der Waals surface area contributed by atoms with Crippen LogP contribution in [0, 0.1) is 0 Å². The first kappa shape index (κ1) is 9.52. The standard InChI is InChI=1S/C10H18N4/c1-3-14-6-4-10(12-14)13-7-5-11-9(2)8-13/h4,6,9,11H,3,5,7-8H2,1-2H3. The molecule has 2 heterocycles. The number of piperazine rings is 1. The van der Waals surface area contributed by atoms with E-state index in [1.165, 1.54) is 0 Å². The minimum atomic E-state index is 0.565. The van der Waals surface area contributed by atoms with Gasteiger partial charge in [-0.3, -0.25) is 4.68 Å². The summed E-state index contributed by atoms with van der Waals surface area (Å²) in [6, 6.07) is 2.66. The molecule has 0 saturated carbocycles. The molecule has 4 nitrogen and oxygen atoms in total. The first-order valence-electron chi connectivity index (χ1n) is 5.31. The summed E-state index contributed by atoms with van der Waals surface area (Å²) < 4.78 is 1.97. The molecule has 1 saturated heterocycles. The van der Waals surface area contributed by atoms with Crippen molar-refractivity contribution in [2.45, 2.75) is 26.4 Å². The van der Waals surface area contributed by atoms with E-state index in [9.17, 15) is 0 Å².